The van der Waals surface area contributed by atoms with Crippen molar-refractivity contribution in [2.45, 2.75) is 20.0 Å². The number of benzene rings is 2. The van der Waals surface area contributed by atoms with Crippen LogP contribution >= 0.6 is 0 Å². The molecule has 2 amide bonds. The summed E-state index contributed by atoms with van der Waals surface area (Å²) in [5.74, 6) is 1.36. The van der Waals surface area contributed by atoms with Gasteiger partial charge in [-0.1, -0.05) is 18.2 Å². The third-order valence-electron chi connectivity index (χ3n) is 3.77. The van der Waals surface area contributed by atoms with Gasteiger partial charge >= 0.3 is 6.03 Å². The van der Waals surface area contributed by atoms with Crippen LogP contribution in [-0.4, -0.2) is 25.8 Å². The Balaban J connectivity index is 1.89. The SMILES string of the molecule is COc1ccccc1NC(=O)N1C[C@@H](C)Oc2ccc(C)cc21. The molecule has 0 aromatic heterocycles. The van der Waals surface area contributed by atoms with Gasteiger partial charge in [-0.05, 0) is 43.7 Å². The average molecular weight is 312 g/mol. The van der Waals surface area contributed by atoms with Crippen molar-refractivity contribution >= 4 is 17.4 Å². The molecule has 1 aliphatic rings. The van der Waals surface area contributed by atoms with Crippen LogP contribution in [0.5, 0.6) is 11.5 Å². The van der Waals surface area contributed by atoms with Gasteiger partial charge in [0.05, 0.1) is 25.0 Å². The lowest BCUT2D eigenvalue weighted by atomic mass is 10.1. The Kier molecular flexibility index (Phi) is 4.10. The maximum Gasteiger partial charge on any atom is 0.326 e. The largest absolute Gasteiger partial charge is 0.495 e. The summed E-state index contributed by atoms with van der Waals surface area (Å²) in [6.07, 6.45) is -0.0615. The maximum absolute atomic E-state index is 12.8. The number of nitrogens with one attached hydrogen (secondary N) is 1. The minimum absolute atomic E-state index is 0.0615. The van der Waals surface area contributed by atoms with E-state index in [1.165, 1.54) is 0 Å². The van der Waals surface area contributed by atoms with Gasteiger partial charge in [0, 0.05) is 0 Å². The van der Waals surface area contributed by atoms with Crippen molar-refractivity contribution in [1.82, 2.24) is 0 Å². The minimum Gasteiger partial charge on any atom is -0.495 e. The summed E-state index contributed by atoms with van der Waals surface area (Å²) in [7, 11) is 1.58. The first-order chi connectivity index (χ1) is 11.1. The van der Waals surface area contributed by atoms with Crippen LogP contribution in [0.3, 0.4) is 0 Å². The van der Waals surface area contributed by atoms with Crippen molar-refractivity contribution < 1.29 is 14.3 Å². The molecule has 3 rings (SSSR count). The van der Waals surface area contributed by atoms with Crippen LogP contribution in [0.25, 0.3) is 0 Å². The summed E-state index contributed by atoms with van der Waals surface area (Å²) < 4.78 is 11.1. The summed E-state index contributed by atoms with van der Waals surface area (Å²) >= 11 is 0. The van der Waals surface area contributed by atoms with Gasteiger partial charge in [0.1, 0.15) is 17.6 Å². The van der Waals surface area contributed by atoms with Crippen LogP contribution in [0.1, 0.15) is 12.5 Å². The number of ether oxygens (including phenoxy) is 2. The lowest BCUT2D eigenvalue weighted by molar-refractivity contribution is 0.208. The minimum atomic E-state index is -0.198. The van der Waals surface area contributed by atoms with Crippen LogP contribution in [0.4, 0.5) is 16.2 Å². The molecule has 0 saturated heterocycles. The molecule has 2 aromatic rings. The summed E-state index contributed by atoms with van der Waals surface area (Å²) in [5, 5.41) is 2.92. The van der Waals surface area contributed by atoms with E-state index in [9.17, 15) is 4.79 Å². The van der Waals surface area contributed by atoms with E-state index in [-0.39, 0.29) is 12.1 Å². The second-order valence-corrected chi connectivity index (χ2v) is 5.64. The first kappa shape index (κ1) is 15.2. The Morgan fingerprint density at radius 1 is 1.30 bits per heavy atom. The highest BCUT2D eigenvalue weighted by Crippen LogP contribution is 2.35. The van der Waals surface area contributed by atoms with Gasteiger partial charge in [0.15, 0.2) is 0 Å². The lowest BCUT2D eigenvalue weighted by Crippen LogP contribution is -2.44. The number of methoxy groups -OCH3 is 1. The van der Waals surface area contributed by atoms with E-state index in [4.69, 9.17) is 9.47 Å². The molecule has 0 aliphatic carbocycles. The van der Waals surface area contributed by atoms with E-state index < -0.39 is 0 Å². The van der Waals surface area contributed by atoms with Gasteiger partial charge in [-0.25, -0.2) is 4.79 Å². The van der Waals surface area contributed by atoms with E-state index in [1.807, 2.05) is 56.3 Å². The number of rotatable bonds is 2. The van der Waals surface area contributed by atoms with E-state index in [0.29, 0.717) is 18.0 Å². The third kappa shape index (κ3) is 3.08. The number of nitrogens with zero attached hydrogens (tertiary/aromatic N) is 1. The van der Waals surface area contributed by atoms with Crippen LogP contribution in [0, 0.1) is 6.92 Å². The van der Waals surface area contributed by atoms with E-state index in [0.717, 1.165) is 17.0 Å². The molecule has 0 spiro atoms. The maximum atomic E-state index is 12.8. The zero-order valence-electron chi connectivity index (χ0n) is 13.5. The molecular weight excluding hydrogens is 292 g/mol. The van der Waals surface area contributed by atoms with Crippen LogP contribution < -0.4 is 19.7 Å². The topological polar surface area (TPSA) is 50.8 Å². The fraction of sp³-hybridized carbons (Fsp3) is 0.278. The normalized spacial score (nSPS) is 16.3. The number of fused-ring (bicyclic) bond motifs is 1. The van der Waals surface area contributed by atoms with Crippen LogP contribution in [-0.2, 0) is 0 Å². The molecule has 5 heteroatoms. The summed E-state index contributed by atoms with van der Waals surface area (Å²) in [5.41, 5.74) is 2.51. The Morgan fingerprint density at radius 2 is 2.09 bits per heavy atom. The van der Waals surface area contributed by atoms with Gasteiger partial charge in [0.25, 0.3) is 0 Å². The number of anilines is 2. The van der Waals surface area contributed by atoms with Crippen LogP contribution in [0.2, 0.25) is 0 Å². The van der Waals surface area contributed by atoms with Crippen molar-refractivity contribution in [3.63, 3.8) is 0 Å². The molecule has 0 unspecified atom stereocenters. The summed E-state index contributed by atoms with van der Waals surface area (Å²) in [4.78, 5) is 14.5. The van der Waals surface area contributed by atoms with Gasteiger partial charge < -0.3 is 14.8 Å². The number of aryl methyl sites for hydroxylation is 1. The number of carbonyl (C=O) groups is 1. The molecule has 120 valence electrons. The van der Waals surface area contributed by atoms with Gasteiger partial charge in [-0.3, -0.25) is 4.90 Å². The van der Waals surface area contributed by atoms with E-state index >= 15 is 0 Å². The quantitative estimate of drug-likeness (QED) is 0.917. The number of hydrogen-bond acceptors (Lipinski definition) is 3. The number of hydrogen-bond donors (Lipinski definition) is 1. The van der Waals surface area contributed by atoms with Gasteiger partial charge in [-0.2, -0.15) is 0 Å². The van der Waals surface area contributed by atoms with Crippen LogP contribution in [0.15, 0.2) is 42.5 Å². The first-order valence-electron chi connectivity index (χ1n) is 7.57. The molecular formula is C18H20N2O3. The number of para-hydroxylation sites is 2. The average Bonchev–Trinajstić information content (AvgIpc) is 2.55. The van der Waals surface area contributed by atoms with Crippen molar-refractivity contribution in [1.29, 1.82) is 0 Å². The van der Waals surface area contributed by atoms with E-state index in [2.05, 4.69) is 5.32 Å². The van der Waals surface area contributed by atoms with Crippen molar-refractivity contribution in [3.05, 3.63) is 48.0 Å². The Labute approximate surface area is 135 Å². The molecule has 0 fully saturated rings. The molecule has 2 aromatic carbocycles. The number of urea groups is 1. The molecule has 0 saturated carbocycles. The molecule has 1 atom stereocenters. The highest BCUT2D eigenvalue weighted by atomic mass is 16.5. The zero-order chi connectivity index (χ0) is 16.4. The predicted molar refractivity (Wildman–Crippen MR) is 90.6 cm³/mol. The summed E-state index contributed by atoms with van der Waals surface area (Å²) in [6, 6.07) is 13.0. The van der Waals surface area contributed by atoms with Gasteiger partial charge in [-0.15, -0.1) is 0 Å². The van der Waals surface area contributed by atoms with E-state index in [1.54, 1.807) is 12.0 Å². The first-order valence-corrected chi connectivity index (χ1v) is 7.57. The second-order valence-electron chi connectivity index (χ2n) is 5.64. The number of carbonyl (C=O) groups excluding carboxylic acids is 1. The highest BCUT2D eigenvalue weighted by molar-refractivity contribution is 6.03. The lowest BCUT2D eigenvalue weighted by Gasteiger charge is -2.33. The molecule has 1 aliphatic heterocycles. The molecule has 0 radical (unpaired) electrons. The molecule has 1 N–H and O–H groups in total. The van der Waals surface area contributed by atoms with Crippen molar-refractivity contribution in [3.8, 4) is 11.5 Å². The number of amides is 2. The fourth-order valence-electron chi connectivity index (χ4n) is 2.67. The smallest absolute Gasteiger partial charge is 0.326 e. The highest BCUT2D eigenvalue weighted by Gasteiger charge is 2.28. The third-order valence-corrected chi connectivity index (χ3v) is 3.77. The zero-order valence-corrected chi connectivity index (χ0v) is 13.5. The van der Waals surface area contributed by atoms with Gasteiger partial charge in [0.2, 0.25) is 0 Å². The molecule has 0 bridgehead atoms. The molecule has 23 heavy (non-hydrogen) atoms. The molecule has 1 heterocycles. The fourth-order valence-corrected chi connectivity index (χ4v) is 2.67. The Bertz CT molecular complexity index is 730. The summed E-state index contributed by atoms with van der Waals surface area (Å²) in [6.45, 7) is 4.44. The predicted octanol–water partition coefficient (Wildman–Crippen LogP) is 3.82. The Morgan fingerprint density at radius 3 is 2.87 bits per heavy atom. The standard InChI is InChI=1S/C18H20N2O3/c1-12-8-9-17-15(10-12)20(11-13(2)23-17)18(21)19-14-6-4-5-7-16(14)22-3/h4-10,13H,11H2,1-3H3,(H,19,21)/t13-/m1/s1. The Hall–Kier alpha value is -2.69. The second kappa shape index (κ2) is 6.20. The van der Waals surface area contributed by atoms with Crippen molar-refractivity contribution in [2.24, 2.45) is 0 Å². The molecule has 5 nitrogen and oxygen atoms in total. The monoisotopic (exact) mass is 312 g/mol. The van der Waals surface area contributed by atoms with Crippen molar-refractivity contribution in [2.75, 3.05) is 23.9 Å².